The number of amides is 1. The van der Waals surface area contributed by atoms with Gasteiger partial charge in [0.25, 0.3) is 5.91 Å². The van der Waals surface area contributed by atoms with Gasteiger partial charge in [0, 0.05) is 22.7 Å². The lowest BCUT2D eigenvalue weighted by molar-refractivity contribution is -0.141. The summed E-state index contributed by atoms with van der Waals surface area (Å²) in [6.45, 7) is 3.83. The SMILES string of the molecule is Cc1cc(C(=O)N2CC(O)CC2C(=O)O)c(C)s1. The number of carboxylic acid groups (broad SMARTS) is 1. The second-order valence-corrected chi connectivity index (χ2v) is 5.99. The fourth-order valence-corrected chi connectivity index (χ4v) is 3.19. The number of aryl methyl sites for hydroxylation is 2. The largest absolute Gasteiger partial charge is 0.480 e. The fourth-order valence-electron chi connectivity index (χ4n) is 2.27. The molecular weight excluding hydrogens is 254 g/mol. The maximum Gasteiger partial charge on any atom is 0.326 e. The van der Waals surface area contributed by atoms with Crippen LogP contribution in [0.2, 0.25) is 0 Å². The number of rotatable bonds is 2. The molecule has 5 nitrogen and oxygen atoms in total. The number of aliphatic hydroxyl groups excluding tert-OH is 1. The van der Waals surface area contributed by atoms with E-state index < -0.39 is 18.1 Å². The molecule has 0 aliphatic carbocycles. The van der Waals surface area contributed by atoms with Gasteiger partial charge < -0.3 is 15.1 Å². The summed E-state index contributed by atoms with van der Waals surface area (Å²) >= 11 is 1.51. The highest BCUT2D eigenvalue weighted by molar-refractivity contribution is 7.12. The van der Waals surface area contributed by atoms with E-state index in [1.807, 2.05) is 13.8 Å². The molecule has 1 saturated heterocycles. The first-order valence-corrected chi connectivity index (χ1v) is 6.50. The molecule has 2 unspecified atom stereocenters. The predicted octanol–water partition coefficient (Wildman–Crippen LogP) is 1.02. The summed E-state index contributed by atoms with van der Waals surface area (Å²) in [5.74, 6) is -1.37. The second-order valence-electron chi connectivity index (χ2n) is 4.53. The average molecular weight is 269 g/mol. The zero-order valence-electron chi connectivity index (χ0n) is 10.2. The maximum atomic E-state index is 12.3. The molecule has 0 aromatic carbocycles. The molecule has 0 bridgehead atoms. The molecule has 18 heavy (non-hydrogen) atoms. The summed E-state index contributed by atoms with van der Waals surface area (Å²) in [7, 11) is 0. The van der Waals surface area contributed by atoms with Gasteiger partial charge >= 0.3 is 5.97 Å². The Bertz CT molecular complexity index is 496. The van der Waals surface area contributed by atoms with Gasteiger partial charge in [-0.25, -0.2) is 4.79 Å². The Morgan fingerprint density at radius 1 is 1.44 bits per heavy atom. The monoisotopic (exact) mass is 269 g/mol. The summed E-state index contributed by atoms with van der Waals surface area (Å²) < 4.78 is 0. The summed E-state index contributed by atoms with van der Waals surface area (Å²) in [5, 5.41) is 18.6. The topological polar surface area (TPSA) is 77.8 Å². The third kappa shape index (κ3) is 2.26. The highest BCUT2D eigenvalue weighted by atomic mass is 32.1. The molecule has 1 amide bonds. The van der Waals surface area contributed by atoms with Crippen LogP contribution in [0.15, 0.2) is 6.07 Å². The molecule has 98 valence electrons. The molecule has 6 heteroatoms. The van der Waals surface area contributed by atoms with E-state index in [0.29, 0.717) is 5.56 Å². The Morgan fingerprint density at radius 2 is 2.11 bits per heavy atom. The van der Waals surface area contributed by atoms with Gasteiger partial charge in [0.15, 0.2) is 0 Å². The molecule has 1 aliphatic rings. The number of carbonyl (C=O) groups is 2. The van der Waals surface area contributed by atoms with Crippen LogP contribution in [0.1, 0.15) is 26.5 Å². The molecule has 0 saturated carbocycles. The minimum atomic E-state index is -1.07. The first-order chi connectivity index (χ1) is 8.40. The Morgan fingerprint density at radius 3 is 2.61 bits per heavy atom. The summed E-state index contributed by atoms with van der Waals surface area (Å²) in [6.07, 6.45) is -0.654. The molecule has 2 rings (SSSR count). The van der Waals surface area contributed by atoms with Crippen molar-refractivity contribution >= 4 is 23.2 Å². The van der Waals surface area contributed by atoms with E-state index in [-0.39, 0.29) is 18.9 Å². The lowest BCUT2D eigenvalue weighted by Gasteiger charge is -2.20. The Labute approximate surface area is 109 Å². The van der Waals surface area contributed by atoms with Gasteiger partial charge in [0.2, 0.25) is 0 Å². The van der Waals surface area contributed by atoms with Crippen molar-refractivity contribution in [1.29, 1.82) is 0 Å². The Kier molecular flexibility index (Phi) is 3.41. The van der Waals surface area contributed by atoms with Crippen molar-refractivity contribution in [1.82, 2.24) is 4.90 Å². The summed E-state index contributed by atoms with van der Waals surface area (Å²) in [5.41, 5.74) is 0.540. The van der Waals surface area contributed by atoms with E-state index in [2.05, 4.69) is 0 Å². The van der Waals surface area contributed by atoms with Crippen molar-refractivity contribution < 1.29 is 19.8 Å². The van der Waals surface area contributed by atoms with Crippen LogP contribution in [0.5, 0.6) is 0 Å². The van der Waals surface area contributed by atoms with E-state index in [1.165, 1.54) is 16.2 Å². The number of thiophene rings is 1. The van der Waals surface area contributed by atoms with Crippen LogP contribution >= 0.6 is 11.3 Å². The smallest absolute Gasteiger partial charge is 0.326 e. The maximum absolute atomic E-state index is 12.3. The number of carbonyl (C=O) groups excluding carboxylic acids is 1. The number of aliphatic carboxylic acids is 1. The van der Waals surface area contributed by atoms with Crippen LogP contribution in [0.25, 0.3) is 0 Å². The van der Waals surface area contributed by atoms with Crippen molar-refractivity contribution in [3.63, 3.8) is 0 Å². The molecule has 0 radical (unpaired) electrons. The van der Waals surface area contributed by atoms with Gasteiger partial charge in [-0.3, -0.25) is 4.79 Å². The van der Waals surface area contributed by atoms with Crippen molar-refractivity contribution in [2.45, 2.75) is 32.4 Å². The second kappa shape index (κ2) is 4.70. The average Bonchev–Trinajstić information content (AvgIpc) is 2.81. The molecule has 0 spiro atoms. The van der Waals surface area contributed by atoms with Crippen molar-refractivity contribution in [3.05, 3.63) is 21.4 Å². The molecule has 1 aromatic rings. The molecule has 1 aromatic heterocycles. The summed E-state index contributed by atoms with van der Waals surface area (Å²) in [6, 6.07) is 0.846. The molecule has 2 atom stereocenters. The Balaban J connectivity index is 2.28. The minimum Gasteiger partial charge on any atom is -0.480 e. The van der Waals surface area contributed by atoms with E-state index in [1.54, 1.807) is 6.07 Å². The highest BCUT2D eigenvalue weighted by Crippen LogP contribution is 2.26. The van der Waals surface area contributed by atoms with E-state index in [0.717, 1.165) is 9.75 Å². The van der Waals surface area contributed by atoms with Crippen molar-refractivity contribution in [2.24, 2.45) is 0 Å². The number of carboxylic acids is 1. The van der Waals surface area contributed by atoms with E-state index in [4.69, 9.17) is 5.11 Å². The van der Waals surface area contributed by atoms with Crippen molar-refractivity contribution in [3.8, 4) is 0 Å². The molecule has 2 N–H and O–H groups in total. The predicted molar refractivity (Wildman–Crippen MR) is 66.9 cm³/mol. The molecule has 1 fully saturated rings. The lowest BCUT2D eigenvalue weighted by Crippen LogP contribution is -2.40. The normalized spacial score (nSPS) is 23.4. The highest BCUT2D eigenvalue weighted by Gasteiger charge is 2.39. The van der Waals surface area contributed by atoms with Gasteiger partial charge in [0.05, 0.1) is 11.7 Å². The van der Waals surface area contributed by atoms with Crippen LogP contribution in [-0.2, 0) is 4.79 Å². The standard InChI is InChI=1S/C12H15NO4S/c1-6-3-9(7(2)18-6)11(15)13-5-8(14)4-10(13)12(16)17/h3,8,10,14H,4-5H2,1-2H3,(H,16,17). The van der Waals surface area contributed by atoms with Crippen LogP contribution in [-0.4, -0.2) is 45.7 Å². The first-order valence-electron chi connectivity index (χ1n) is 5.69. The summed E-state index contributed by atoms with van der Waals surface area (Å²) in [4.78, 5) is 26.5. The van der Waals surface area contributed by atoms with E-state index in [9.17, 15) is 14.7 Å². The van der Waals surface area contributed by atoms with Gasteiger partial charge in [-0.05, 0) is 19.9 Å². The Hall–Kier alpha value is -1.40. The van der Waals surface area contributed by atoms with Gasteiger partial charge in [-0.2, -0.15) is 0 Å². The third-order valence-electron chi connectivity index (χ3n) is 3.10. The number of aliphatic hydroxyl groups is 1. The van der Waals surface area contributed by atoms with Crippen LogP contribution in [0.4, 0.5) is 0 Å². The number of hydrogen-bond donors (Lipinski definition) is 2. The number of β-amino-alcohol motifs (C(OH)–C–C–N with tert-alkyl or cyclic N) is 1. The van der Waals surface area contributed by atoms with Crippen LogP contribution in [0, 0.1) is 13.8 Å². The first kappa shape index (κ1) is 13.0. The number of nitrogens with zero attached hydrogens (tertiary/aromatic N) is 1. The zero-order chi connectivity index (χ0) is 13.4. The quantitative estimate of drug-likeness (QED) is 0.840. The molecule has 1 aliphatic heterocycles. The zero-order valence-corrected chi connectivity index (χ0v) is 11.0. The van der Waals surface area contributed by atoms with Gasteiger partial charge in [-0.15, -0.1) is 11.3 Å². The van der Waals surface area contributed by atoms with Crippen molar-refractivity contribution in [2.75, 3.05) is 6.54 Å². The van der Waals surface area contributed by atoms with Gasteiger partial charge in [0.1, 0.15) is 6.04 Å². The fraction of sp³-hybridized carbons (Fsp3) is 0.500. The lowest BCUT2D eigenvalue weighted by atomic mass is 10.2. The van der Waals surface area contributed by atoms with Crippen LogP contribution in [0.3, 0.4) is 0 Å². The number of likely N-dealkylation sites (tertiary alicyclic amines) is 1. The number of hydrogen-bond acceptors (Lipinski definition) is 4. The molecule has 2 heterocycles. The van der Waals surface area contributed by atoms with Gasteiger partial charge in [-0.1, -0.05) is 0 Å². The molecular formula is C12H15NO4S. The minimum absolute atomic E-state index is 0.0874. The third-order valence-corrected chi connectivity index (χ3v) is 4.06. The van der Waals surface area contributed by atoms with E-state index >= 15 is 0 Å². The van der Waals surface area contributed by atoms with Crippen LogP contribution < -0.4 is 0 Å².